The van der Waals surface area contributed by atoms with Crippen molar-refractivity contribution in [1.29, 1.82) is 0 Å². The normalized spacial score (nSPS) is 29.4. The summed E-state index contributed by atoms with van der Waals surface area (Å²) in [5, 5.41) is 3.43. The Morgan fingerprint density at radius 2 is 2.07 bits per heavy atom. The van der Waals surface area contributed by atoms with Gasteiger partial charge in [-0.3, -0.25) is 0 Å². The SMILES string of the molecule is CNC(CCC(C)(C)C)C1(C)CCCO1. The largest absolute Gasteiger partial charge is 0.374 e. The summed E-state index contributed by atoms with van der Waals surface area (Å²) in [4.78, 5) is 0. The molecule has 1 saturated heterocycles. The summed E-state index contributed by atoms with van der Waals surface area (Å²) in [7, 11) is 2.06. The molecule has 0 bridgehead atoms. The molecule has 1 heterocycles. The first-order valence-electron chi connectivity index (χ1n) is 6.19. The van der Waals surface area contributed by atoms with Gasteiger partial charge in [0.15, 0.2) is 0 Å². The van der Waals surface area contributed by atoms with Gasteiger partial charge in [0.2, 0.25) is 0 Å². The Hall–Kier alpha value is -0.0800. The molecule has 1 N–H and O–H groups in total. The van der Waals surface area contributed by atoms with Crippen LogP contribution in [0, 0.1) is 5.41 Å². The smallest absolute Gasteiger partial charge is 0.0807 e. The van der Waals surface area contributed by atoms with Crippen LogP contribution in [-0.2, 0) is 4.74 Å². The van der Waals surface area contributed by atoms with Gasteiger partial charge in [-0.25, -0.2) is 0 Å². The van der Waals surface area contributed by atoms with Crippen LogP contribution in [0.5, 0.6) is 0 Å². The molecule has 0 radical (unpaired) electrons. The zero-order valence-electron chi connectivity index (χ0n) is 11.0. The molecular weight excluding hydrogens is 186 g/mol. The van der Waals surface area contributed by atoms with Crippen molar-refractivity contribution in [2.45, 2.75) is 65.0 Å². The first-order valence-corrected chi connectivity index (χ1v) is 6.19. The molecule has 2 nitrogen and oxygen atoms in total. The molecule has 0 saturated carbocycles. The lowest BCUT2D eigenvalue weighted by Crippen LogP contribution is -2.47. The van der Waals surface area contributed by atoms with E-state index in [0.717, 1.165) is 6.61 Å². The molecular formula is C13H27NO. The molecule has 2 heteroatoms. The minimum atomic E-state index is 0.0694. The van der Waals surface area contributed by atoms with Gasteiger partial charge in [0.25, 0.3) is 0 Å². The van der Waals surface area contributed by atoms with Crippen LogP contribution in [-0.4, -0.2) is 25.3 Å². The van der Waals surface area contributed by atoms with Crippen LogP contribution in [0.4, 0.5) is 0 Å². The second-order valence-electron chi connectivity index (χ2n) is 6.21. The average Bonchev–Trinajstić information content (AvgIpc) is 2.52. The van der Waals surface area contributed by atoms with Crippen molar-refractivity contribution in [3.8, 4) is 0 Å². The predicted octanol–water partition coefficient (Wildman–Crippen LogP) is 2.97. The summed E-state index contributed by atoms with van der Waals surface area (Å²) in [5.41, 5.74) is 0.490. The Labute approximate surface area is 94.8 Å². The Kier molecular flexibility index (Phi) is 4.19. The van der Waals surface area contributed by atoms with Crippen LogP contribution in [0.25, 0.3) is 0 Å². The molecule has 2 atom stereocenters. The van der Waals surface area contributed by atoms with E-state index in [2.05, 4.69) is 40.1 Å². The molecule has 2 unspecified atom stereocenters. The third-order valence-corrected chi connectivity index (χ3v) is 3.52. The molecule has 0 spiro atoms. The predicted molar refractivity (Wildman–Crippen MR) is 65.1 cm³/mol. The molecule has 15 heavy (non-hydrogen) atoms. The van der Waals surface area contributed by atoms with E-state index in [-0.39, 0.29) is 5.60 Å². The van der Waals surface area contributed by atoms with Gasteiger partial charge in [-0.05, 0) is 45.1 Å². The standard InChI is InChI=1S/C13H27NO/c1-12(2,3)9-7-11(14-5)13(4)8-6-10-15-13/h11,14H,6-10H2,1-5H3. The summed E-state index contributed by atoms with van der Waals surface area (Å²) < 4.78 is 5.90. The van der Waals surface area contributed by atoms with Crippen LogP contribution in [0.3, 0.4) is 0 Å². The minimum Gasteiger partial charge on any atom is -0.374 e. The number of hydrogen-bond donors (Lipinski definition) is 1. The van der Waals surface area contributed by atoms with E-state index in [1.807, 2.05) is 0 Å². The van der Waals surface area contributed by atoms with Gasteiger partial charge in [-0.15, -0.1) is 0 Å². The van der Waals surface area contributed by atoms with Gasteiger partial charge in [0.1, 0.15) is 0 Å². The maximum absolute atomic E-state index is 5.90. The van der Waals surface area contributed by atoms with Crippen molar-refractivity contribution in [1.82, 2.24) is 5.32 Å². The van der Waals surface area contributed by atoms with E-state index in [0.29, 0.717) is 11.5 Å². The van der Waals surface area contributed by atoms with Crippen LogP contribution in [0.15, 0.2) is 0 Å². The average molecular weight is 213 g/mol. The monoisotopic (exact) mass is 213 g/mol. The number of hydrogen-bond acceptors (Lipinski definition) is 2. The Morgan fingerprint density at radius 1 is 1.40 bits per heavy atom. The lowest BCUT2D eigenvalue weighted by atomic mass is 9.83. The fraction of sp³-hybridized carbons (Fsp3) is 1.00. The second kappa shape index (κ2) is 4.84. The molecule has 0 aromatic heterocycles. The van der Waals surface area contributed by atoms with Gasteiger partial charge in [-0.1, -0.05) is 20.8 Å². The van der Waals surface area contributed by atoms with E-state index in [1.165, 1.54) is 25.7 Å². The van der Waals surface area contributed by atoms with Crippen LogP contribution in [0.2, 0.25) is 0 Å². The molecule has 0 aromatic rings. The first-order chi connectivity index (χ1) is 6.87. The number of likely N-dealkylation sites (N-methyl/N-ethyl adjacent to an activating group) is 1. The number of rotatable bonds is 4. The summed E-state index contributed by atoms with van der Waals surface area (Å²) in [6.07, 6.45) is 4.86. The Morgan fingerprint density at radius 3 is 2.47 bits per heavy atom. The molecule has 0 aliphatic carbocycles. The lowest BCUT2D eigenvalue weighted by molar-refractivity contribution is -0.0142. The molecule has 1 aliphatic heterocycles. The van der Waals surface area contributed by atoms with E-state index in [1.54, 1.807) is 0 Å². The van der Waals surface area contributed by atoms with Crippen LogP contribution < -0.4 is 5.32 Å². The van der Waals surface area contributed by atoms with E-state index in [9.17, 15) is 0 Å². The lowest BCUT2D eigenvalue weighted by Gasteiger charge is -2.34. The summed E-state index contributed by atoms with van der Waals surface area (Å²) in [6, 6.07) is 0.499. The highest BCUT2D eigenvalue weighted by Gasteiger charge is 2.37. The molecule has 0 aromatic carbocycles. The third-order valence-electron chi connectivity index (χ3n) is 3.52. The fourth-order valence-corrected chi connectivity index (χ4v) is 2.41. The van der Waals surface area contributed by atoms with E-state index in [4.69, 9.17) is 4.74 Å². The number of ether oxygens (including phenoxy) is 1. The Balaban J connectivity index is 2.48. The third kappa shape index (κ3) is 3.76. The molecule has 1 rings (SSSR count). The zero-order chi connectivity index (χ0) is 11.5. The van der Waals surface area contributed by atoms with Crippen molar-refractivity contribution in [3.63, 3.8) is 0 Å². The fourth-order valence-electron chi connectivity index (χ4n) is 2.41. The van der Waals surface area contributed by atoms with Crippen LogP contribution in [0.1, 0.15) is 53.4 Å². The molecule has 1 aliphatic rings. The van der Waals surface area contributed by atoms with Crippen molar-refractivity contribution in [2.24, 2.45) is 5.41 Å². The summed E-state index contributed by atoms with van der Waals surface area (Å²) in [6.45, 7) is 10.1. The minimum absolute atomic E-state index is 0.0694. The molecule has 1 fully saturated rings. The van der Waals surface area contributed by atoms with Gasteiger partial charge in [0.05, 0.1) is 5.60 Å². The first kappa shape index (κ1) is 13.0. The molecule has 0 amide bonds. The van der Waals surface area contributed by atoms with Gasteiger partial charge in [0, 0.05) is 12.6 Å². The summed E-state index contributed by atoms with van der Waals surface area (Å²) >= 11 is 0. The highest BCUT2D eigenvalue weighted by atomic mass is 16.5. The molecule has 90 valence electrons. The maximum atomic E-state index is 5.90. The summed E-state index contributed by atoms with van der Waals surface area (Å²) in [5.74, 6) is 0. The highest BCUT2D eigenvalue weighted by Crippen LogP contribution is 2.32. The van der Waals surface area contributed by atoms with Crippen molar-refractivity contribution < 1.29 is 4.74 Å². The van der Waals surface area contributed by atoms with Crippen molar-refractivity contribution in [3.05, 3.63) is 0 Å². The highest BCUT2D eigenvalue weighted by molar-refractivity contribution is 4.92. The van der Waals surface area contributed by atoms with E-state index < -0.39 is 0 Å². The van der Waals surface area contributed by atoms with Gasteiger partial charge in [-0.2, -0.15) is 0 Å². The quantitative estimate of drug-likeness (QED) is 0.775. The second-order valence-corrected chi connectivity index (χ2v) is 6.21. The van der Waals surface area contributed by atoms with Gasteiger partial charge >= 0.3 is 0 Å². The van der Waals surface area contributed by atoms with Crippen molar-refractivity contribution >= 4 is 0 Å². The number of nitrogens with one attached hydrogen (secondary N) is 1. The zero-order valence-corrected chi connectivity index (χ0v) is 11.0. The maximum Gasteiger partial charge on any atom is 0.0807 e. The van der Waals surface area contributed by atoms with Gasteiger partial charge < -0.3 is 10.1 Å². The topological polar surface area (TPSA) is 21.3 Å². The van der Waals surface area contributed by atoms with E-state index >= 15 is 0 Å². The Bertz CT molecular complexity index is 189. The van der Waals surface area contributed by atoms with Crippen LogP contribution >= 0.6 is 0 Å². The van der Waals surface area contributed by atoms with Crippen molar-refractivity contribution in [2.75, 3.05) is 13.7 Å².